The fourth-order valence-corrected chi connectivity index (χ4v) is 4.25. The van der Waals surface area contributed by atoms with Crippen molar-refractivity contribution in [2.75, 3.05) is 6.54 Å². The summed E-state index contributed by atoms with van der Waals surface area (Å²) in [5.74, 6) is -0.169. The van der Waals surface area contributed by atoms with E-state index < -0.39 is 0 Å². The van der Waals surface area contributed by atoms with Crippen LogP contribution in [0.3, 0.4) is 0 Å². The minimum atomic E-state index is -0.169. The van der Waals surface area contributed by atoms with Crippen LogP contribution in [-0.2, 0) is 0 Å². The second-order valence-electron chi connectivity index (χ2n) is 4.34. The van der Waals surface area contributed by atoms with Crippen LogP contribution >= 0.6 is 22.7 Å². The number of nitrogens with one attached hydrogen (secondary N) is 1. The fourth-order valence-electron chi connectivity index (χ4n) is 2.17. The molecule has 4 heteroatoms. The third kappa shape index (κ3) is 2.56. The molecule has 3 rings (SSSR count). The zero-order valence-corrected chi connectivity index (χ0v) is 12.2. The highest BCUT2D eigenvalue weighted by Gasteiger charge is 2.16. The summed E-state index contributed by atoms with van der Waals surface area (Å²) in [5.41, 5.74) is 0. The first-order chi connectivity index (χ1) is 9.28. The molecule has 1 unspecified atom stereocenters. The van der Waals surface area contributed by atoms with Crippen molar-refractivity contribution in [3.05, 3.63) is 57.3 Å². The molecule has 0 fully saturated rings. The first-order valence-corrected chi connectivity index (χ1v) is 7.93. The number of thiophene rings is 2. The Balaban J connectivity index is 2.05. The Hall–Kier alpha value is -1.23. The van der Waals surface area contributed by atoms with E-state index in [0.717, 1.165) is 16.6 Å². The zero-order valence-electron chi connectivity index (χ0n) is 10.5. The molecule has 1 aromatic carbocycles. The summed E-state index contributed by atoms with van der Waals surface area (Å²) < 4.78 is 14.3. The number of fused-ring (bicyclic) bond motifs is 1. The van der Waals surface area contributed by atoms with Crippen molar-refractivity contribution in [3.8, 4) is 0 Å². The van der Waals surface area contributed by atoms with Crippen molar-refractivity contribution >= 4 is 32.8 Å². The Morgan fingerprint density at radius 3 is 2.84 bits per heavy atom. The summed E-state index contributed by atoms with van der Waals surface area (Å²) in [6.45, 7) is 3.01. The highest BCUT2D eigenvalue weighted by molar-refractivity contribution is 7.19. The molecular weight excluding hydrogens is 277 g/mol. The van der Waals surface area contributed by atoms with Gasteiger partial charge >= 0.3 is 0 Å². The molecule has 1 atom stereocenters. The Morgan fingerprint density at radius 1 is 1.21 bits per heavy atom. The molecule has 2 heterocycles. The van der Waals surface area contributed by atoms with E-state index in [1.54, 1.807) is 28.7 Å². The van der Waals surface area contributed by atoms with Gasteiger partial charge in [0.2, 0.25) is 0 Å². The predicted octanol–water partition coefficient (Wildman–Crippen LogP) is 4.80. The van der Waals surface area contributed by atoms with E-state index in [-0.39, 0.29) is 11.9 Å². The van der Waals surface area contributed by atoms with Crippen LogP contribution in [0.1, 0.15) is 22.7 Å². The van der Waals surface area contributed by atoms with Gasteiger partial charge in [0, 0.05) is 14.5 Å². The zero-order chi connectivity index (χ0) is 13.2. The van der Waals surface area contributed by atoms with Crippen molar-refractivity contribution in [2.45, 2.75) is 13.0 Å². The number of rotatable bonds is 4. The lowest BCUT2D eigenvalue weighted by Crippen LogP contribution is -2.19. The standard InChI is InChI=1S/C15H14FNS2/c1-2-17-15(12-4-3-7-18-12)14-8-10-5-6-11(16)9-13(10)19-14/h3-9,15,17H,2H2,1H3. The molecule has 98 valence electrons. The summed E-state index contributed by atoms with van der Waals surface area (Å²) in [7, 11) is 0. The average molecular weight is 291 g/mol. The largest absolute Gasteiger partial charge is 0.305 e. The van der Waals surface area contributed by atoms with Gasteiger partial charge in [0.25, 0.3) is 0 Å². The van der Waals surface area contributed by atoms with E-state index in [0.29, 0.717) is 0 Å². The molecule has 19 heavy (non-hydrogen) atoms. The van der Waals surface area contributed by atoms with Gasteiger partial charge in [0.1, 0.15) is 5.82 Å². The van der Waals surface area contributed by atoms with E-state index >= 15 is 0 Å². The smallest absolute Gasteiger partial charge is 0.124 e. The Morgan fingerprint density at radius 2 is 2.11 bits per heavy atom. The normalized spacial score (nSPS) is 12.9. The monoisotopic (exact) mass is 291 g/mol. The molecule has 0 amide bonds. The molecule has 1 N–H and O–H groups in total. The van der Waals surface area contributed by atoms with E-state index in [4.69, 9.17) is 0 Å². The van der Waals surface area contributed by atoms with Gasteiger partial charge in [-0.3, -0.25) is 0 Å². The van der Waals surface area contributed by atoms with Gasteiger partial charge in [-0.05, 0) is 41.6 Å². The van der Waals surface area contributed by atoms with Gasteiger partial charge in [0.15, 0.2) is 0 Å². The first-order valence-electron chi connectivity index (χ1n) is 6.23. The van der Waals surface area contributed by atoms with Crippen molar-refractivity contribution in [1.82, 2.24) is 5.32 Å². The highest BCUT2D eigenvalue weighted by Crippen LogP contribution is 2.35. The van der Waals surface area contributed by atoms with Crippen molar-refractivity contribution in [3.63, 3.8) is 0 Å². The van der Waals surface area contributed by atoms with Crippen LogP contribution in [-0.4, -0.2) is 6.54 Å². The fraction of sp³-hybridized carbons (Fsp3) is 0.200. The average Bonchev–Trinajstić information content (AvgIpc) is 3.04. The molecule has 0 aliphatic carbocycles. The van der Waals surface area contributed by atoms with Crippen LogP contribution in [0.25, 0.3) is 10.1 Å². The topological polar surface area (TPSA) is 12.0 Å². The Bertz CT molecular complexity index is 673. The van der Waals surface area contributed by atoms with Crippen molar-refractivity contribution in [1.29, 1.82) is 0 Å². The van der Waals surface area contributed by atoms with Gasteiger partial charge in [-0.1, -0.05) is 19.1 Å². The van der Waals surface area contributed by atoms with Gasteiger partial charge in [-0.25, -0.2) is 4.39 Å². The maximum absolute atomic E-state index is 13.3. The van der Waals surface area contributed by atoms with Crippen LogP contribution in [0.2, 0.25) is 0 Å². The Labute approximate surface area is 119 Å². The predicted molar refractivity (Wildman–Crippen MR) is 81.6 cm³/mol. The van der Waals surface area contributed by atoms with Crippen LogP contribution in [0.15, 0.2) is 41.8 Å². The quantitative estimate of drug-likeness (QED) is 0.728. The van der Waals surface area contributed by atoms with Crippen molar-refractivity contribution < 1.29 is 4.39 Å². The van der Waals surface area contributed by atoms with E-state index in [1.165, 1.54) is 15.8 Å². The molecular formula is C15H14FNS2. The van der Waals surface area contributed by atoms with Gasteiger partial charge in [-0.2, -0.15) is 0 Å². The molecule has 1 nitrogen and oxygen atoms in total. The Kier molecular flexibility index (Phi) is 3.64. The van der Waals surface area contributed by atoms with Crippen LogP contribution in [0, 0.1) is 5.82 Å². The van der Waals surface area contributed by atoms with Crippen molar-refractivity contribution in [2.24, 2.45) is 0 Å². The summed E-state index contributed by atoms with van der Waals surface area (Å²) in [6.07, 6.45) is 0. The number of hydrogen-bond donors (Lipinski definition) is 1. The van der Waals surface area contributed by atoms with Crippen LogP contribution in [0.4, 0.5) is 4.39 Å². The molecule has 0 saturated carbocycles. The summed E-state index contributed by atoms with van der Waals surface area (Å²) in [4.78, 5) is 2.54. The third-order valence-electron chi connectivity index (χ3n) is 3.02. The highest BCUT2D eigenvalue weighted by atomic mass is 32.1. The number of benzene rings is 1. The summed E-state index contributed by atoms with van der Waals surface area (Å²) >= 11 is 3.41. The lowest BCUT2D eigenvalue weighted by molar-refractivity contribution is 0.630. The lowest BCUT2D eigenvalue weighted by Gasteiger charge is -2.14. The maximum Gasteiger partial charge on any atom is 0.124 e. The van der Waals surface area contributed by atoms with E-state index in [9.17, 15) is 4.39 Å². The maximum atomic E-state index is 13.3. The molecule has 3 aromatic rings. The molecule has 0 saturated heterocycles. The SMILES string of the molecule is CCNC(c1cccs1)c1cc2ccc(F)cc2s1. The van der Waals surface area contributed by atoms with Crippen LogP contribution < -0.4 is 5.32 Å². The van der Waals surface area contributed by atoms with E-state index in [1.807, 2.05) is 6.07 Å². The minimum Gasteiger partial charge on any atom is -0.305 e. The molecule has 0 bridgehead atoms. The molecule has 0 spiro atoms. The second kappa shape index (κ2) is 5.41. The molecule has 0 aliphatic heterocycles. The first kappa shape index (κ1) is 12.8. The lowest BCUT2D eigenvalue weighted by atomic mass is 10.1. The number of halogens is 1. The van der Waals surface area contributed by atoms with Gasteiger partial charge in [-0.15, -0.1) is 22.7 Å². The molecule has 2 aromatic heterocycles. The van der Waals surface area contributed by atoms with Gasteiger partial charge < -0.3 is 5.32 Å². The molecule has 0 aliphatic rings. The van der Waals surface area contributed by atoms with Gasteiger partial charge in [0.05, 0.1) is 6.04 Å². The minimum absolute atomic E-state index is 0.169. The second-order valence-corrected chi connectivity index (χ2v) is 6.43. The summed E-state index contributed by atoms with van der Waals surface area (Å²) in [5, 5.41) is 6.71. The molecule has 0 radical (unpaired) electrons. The summed E-state index contributed by atoms with van der Waals surface area (Å²) in [6, 6.07) is 11.6. The third-order valence-corrected chi connectivity index (χ3v) is 5.12. The van der Waals surface area contributed by atoms with E-state index in [2.05, 4.69) is 35.8 Å². The number of hydrogen-bond acceptors (Lipinski definition) is 3. The van der Waals surface area contributed by atoms with Crippen LogP contribution in [0.5, 0.6) is 0 Å².